The number of rotatable bonds is 5. The van der Waals surface area contributed by atoms with Crippen LogP contribution in [0.2, 0.25) is 0 Å². The maximum atomic E-state index is 13.5. The van der Waals surface area contributed by atoms with Gasteiger partial charge in [0.25, 0.3) is 5.91 Å². The molecule has 1 aromatic rings. The summed E-state index contributed by atoms with van der Waals surface area (Å²) in [4.78, 5) is 41.9. The number of esters is 1. The molecule has 0 saturated carbocycles. The van der Waals surface area contributed by atoms with E-state index in [0.29, 0.717) is 12.8 Å². The molecule has 3 heterocycles. The topological polar surface area (TPSA) is 66.9 Å². The molecule has 4 rings (SSSR count). The summed E-state index contributed by atoms with van der Waals surface area (Å²) in [7, 11) is 0. The summed E-state index contributed by atoms with van der Waals surface area (Å²) in [5, 5.41) is 0. The first-order valence-electron chi connectivity index (χ1n) is 10.3. The summed E-state index contributed by atoms with van der Waals surface area (Å²) in [6, 6.07) is 7.13. The highest BCUT2D eigenvalue weighted by atomic mass is 16.6. The molecule has 0 radical (unpaired) electrons. The lowest BCUT2D eigenvalue weighted by molar-refractivity contribution is -0.181. The molecule has 0 unspecified atom stereocenters. The van der Waals surface area contributed by atoms with Crippen LogP contribution in [0.25, 0.3) is 0 Å². The minimum Gasteiger partial charge on any atom is -0.450 e. The number of amides is 2. The van der Waals surface area contributed by atoms with Crippen molar-refractivity contribution < 1.29 is 19.1 Å². The van der Waals surface area contributed by atoms with Crippen molar-refractivity contribution in [2.24, 2.45) is 5.92 Å². The van der Waals surface area contributed by atoms with Crippen molar-refractivity contribution in [3.8, 4) is 0 Å². The van der Waals surface area contributed by atoms with E-state index >= 15 is 0 Å². The van der Waals surface area contributed by atoms with Crippen molar-refractivity contribution in [1.29, 1.82) is 0 Å². The first-order chi connectivity index (χ1) is 13.9. The van der Waals surface area contributed by atoms with Gasteiger partial charge in [0.2, 0.25) is 6.41 Å². The van der Waals surface area contributed by atoms with Crippen LogP contribution in [0.5, 0.6) is 0 Å². The number of ether oxygens (including phenoxy) is 1. The van der Waals surface area contributed by atoms with Crippen LogP contribution in [0.15, 0.2) is 35.9 Å². The minimum atomic E-state index is -0.791. The quantitative estimate of drug-likeness (QED) is 0.436. The van der Waals surface area contributed by atoms with E-state index < -0.39 is 23.7 Å². The van der Waals surface area contributed by atoms with E-state index in [1.807, 2.05) is 52.0 Å². The van der Waals surface area contributed by atoms with Gasteiger partial charge in [-0.15, -0.1) is 0 Å². The molecular weight excluding hydrogens is 368 g/mol. The number of benzene rings is 1. The van der Waals surface area contributed by atoms with E-state index in [2.05, 4.69) is 6.08 Å². The van der Waals surface area contributed by atoms with Crippen LogP contribution in [-0.2, 0) is 24.5 Å². The highest BCUT2D eigenvalue weighted by molar-refractivity contribution is 5.96. The Balaban J connectivity index is 1.87. The van der Waals surface area contributed by atoms with Gasteiger partial charge in [0.05, 0.1) is 0 Å². The average Bonchev–Trinajstić information content (AvgIpc) is 3.19. The molecule has 0 spiro atoms. The van der Waals surface area contributed by atoms with Crippen LogP contribution >= 0.6 is 0 Å². The number of hydrogen-bond donors (Lipinski definition) is 0. The van der Waals surface area contributed by atoms with Crippen LogP contribution in [-0.4, -0.2) is 41.5 Å². The zero-order valence-corrected chi connectivity index (χ0v) is 17.4. The van der Waals surface area contributed by atoms with Gasteiger partial charge in [-0.2, -0.15) is 0 Å². The Morgan fingerprint density at radius 2 is 2.03 bits per heavy atom. The van der Waals surface area contributed by atoms with E-state index in [0.717, 1.165) is 29.7 Å². The predicted molar refractivity (Wildman–Crippen MR) is 109 cm³/mol. The molecule has 154 valence electrons. The van der Waals surface area contributed by atoms with Gasteiger partial charge in [0.1, 0.15) is 12.2 Å². The summed E-state index contributed by atoms with van der Waals surface area (Å²) in [5.74, 6) is -0.620. The number of carbonyl (C=O) groups excluding carboxylic acids is 3. The molecule has 6 nitrogen and oxygen atoms in total. The lowest BCUT2D eigenvalue weighted by Gasteiger charge is -2.41. The van der Waals surface area contributed by atoms with E-state index in [4.69, 9.17) is 4.74 Å². The van der Waals surface area contributed by atoms with Gasteiger partial charge in [-0.25, -0.2) is 4.79 Å². The van der Waals surface area contributed by atoms with Gasteiger partial charge >= 0.3 is 5.97 Å². The average molecular weight is 396 g/mol. The monoisotopic (exact) mass is 396 g/mol. The summed E-state index contributed by atoms with van der Waals surface area (Å²) >= 11 is 0. The van der Waals surface area contributed by atoms with Crippen molar-refractivity contribution in [2.75, 3.05) is 4.90 Å². The molecule has 3 aliphatic rings. The third-order valence-corrected chi connectivity index (χ3v) is 6.80. The van der Waals surface area contributed by atoms with Crippen molar-refractivity contribution in [3.63, 3.8) is 0 Å². The maximum absolute atomic E-state index is 13.5. The Hall–Kier alpha value is -2.63. The number of cyclic esters (lactones) is 1. The van der Waals surface area contributed by atoms with E-state index in [9.17, 15) is 14.4 Å². The molecule has 29 heavy (non-hydrogen) atoms. The van der Waals surface area contributed by atoms with E-state index in [1.165, 1.54) is 0 Å². The van der Waals surface area contributed by atoms with Gasteiger partial charge in [-0.3, -0.25) is 14.5 Å². The van der Waals surface area contributed by atoms with Crippen LogP contribution in [0.3, 0.4) is 0 Å². The van der Waals surface area contributed by atoms with E-state index in [1.54, 1.807) is 9.80 Å². The zero-order chi connectivity index (χ0) is 20.9. The largest absolute Gasteiger partial charge is 0.450 e. The lowest BCUT2D eigenvalue weighted by Crippen LogP contribution is -2.61. The number of allylic oxidation sites excluding steroid dienone is 2. The molecule has 2 fully saturated rings. The molecule has 1 aromatic carbocycles. The Morgan fingerprint density at radius 3 is 2.69 bits per heavy atom. The fourth-order valence-electron chi connectivity index (χ4n) is 5.13. The molecule has 0 aromatic heterocycles. The molecule has 0 N–H and O–H groups in total. The Kier molecular flexibility index (Phi) is 4.75. The van der Waals surface area contributed by atoms with Crippen molar-refractivity contribution in [2.45, 2.75) is 70.7 Å². The number of morpholine rings is 1. The highest BCUT2D eigenvalue weighted by Gasteiger charge is 2.65. The molecule has 2 amide bonds. The third-order valence-electron chi connectivity index (χ3n) is 6.80. The van der Waals surface area contributed by atoms with Gasteiger partial charge in [0.15, 0.2) is 6.10 Å². The number of carbonyl (C=O) groups is 3. The first kappa shape index (κ1) is 19.7. The maximum Gasteiger partial charge on any atom is 0.329 e. The highest BCUT2D eigenvalue weighted by Crippen LogP contribution is 2.57. The normalized spacial score (nSPS) is 31.0. The third kappa shape index (κ3) is 2.72. The van der Waals surface area contributed by atoms with Crippen LogP contribution in [0, 0.1) is 5.92 Å². The van der Waals surface area contributed by atoms with Crippen molar-refractivity contribution in [1.82, 2.24) is 4.90 Å². The molecule has 0 aliphatic carbocycles. The van der Waals surface area contributed by atoms with E-state index in [-0.39, 0.29) is 17.8 Å². The van der Waals surface area contributed by atoms with Crippen LogP contribution in [0.1, 0.15) is 52.5 Å². The van der Waals surface area contributed by atoms with Crippen LogP contribution in [0.4, 0.5) is 5.69 Å². The number of anilines is 1. The molecular formula is C23H28N2O4. The predicted octanol–water partition coefficient (Wildman–Crippen LogP) is 3.16. The number of nitrogens with zero attached hydrogens (tertiary/aromatic N) is 2. The van der Waals surface area contributed by atoms with Gasteiger partial charge in [-0.1, -0.05) is 43.7 Å². The Labute approximate surface area is 171 Å². The molecule has 6 heteroatoms. The van der Waals surface area contributed by atoms with Crippen molar-refractivity contribution in [3.05, 3.63) is 41.5 Å². The fraction of sp³-hybridized carbons (Fsp3) is 0.522. The smallest absolute Gasteiger partial charge is 0.329 e. The molecule has 5 atom stereocenters. The van der Waals surface area contributed by atoms with Crippen molar-refractivity contribution >= 4 is 24.0 Å². The summed E-state index contributed by atoms with van der Waals surface area (Å²) < 4.78 is 5.61. The first-order valence-corrected chi connectivity index (χ1v) is 10.3. The number of fused-ring (bicyclic) bond motifs is 5. The zero-order valence-electron chi connectivity index (χ0n) is 17.4. The standard InChI is InChI=1S/C23H28N2O4/c1-5-15(4)19-20(27)25-18(21(28)29-19)12-23(11-10-14(2)3)16-8-6-7-9-17(16)24(13-26)22(23)25/h6-10,13,15,18-19,22H,5,11-12H2,1-4H3/t15-,18+,19+,22-,23-/m0/s1. The second-order valence-corrected chi connectivity index (χ2v) is 8.75. The second kappa shape index (κ2) is 7.01. The van der Waals surface area contributed by atoms with Crippen LogP contribution < -0.4 is 4.90 Å². The summed E-state index contributed by atoms with van der Waals surface area (Å²) in [6.45, 7) is 7.96. The Bertz CT molecular complexity index is 891. The second-order valence-electron chi connectivity index (χ2n) is 8.75. The SMILES string of the molecule is CC[C@H](C)[C@H]1OC(=O)[C@H]2C[C@@]3(CC=C(C)C)c4ccccc4N(C=O)[C@H]3N2C1=O. The molecule has 0 bridgehead atoms. The lowest BCUT2D eigenvalue weighted by atomic mass is 9.75. The molecule has 3 aliphatic heterocycles. The Morgan fingerprint density at radius 1 is 1.31 bits per heavy atom. The number of para-hydroxylation sites is 1. The van der Waals surface area contributed by atoms with Gasteiger partial charge in [0, 0.05) is 17.0 Å². The number of hydrogen-bond acceptors (Lipinski definition) is 4. The minimum absolute atomic E-state index is 0.0753. The summed E-state index contributed by atoms with van der Waals surface area (Å²) in [6.07, 6.45) is 3.47. The summed E-state index contributed by atoms with van der Waals surface area (Å²) in [5.41, 5.74) is 2.49. The van der Waals surface area contributed by atoms with Gasteiger partial charge in [-0.05, 0) is 44.7 Å². The molecule has 2 saturated heterocycles. The fourth-order valence-corrected chi connectivity index (χ4v) is 5.13. The van der Waals surface area contributed by atoms with Gasteiger partial charge < -0.3 is 9.64 Å².